The zero-order valence-corrected chi connectivity index (χ0v) is 15.1. The first-order chi connectivity index (χ1) is 11.8. The minimum Gasteiger partial charge on any atom is -0.379 e. The number of ether oxygens (including phenoxy) is 1. The largest absolute Gasteiger partial charge is 0.379 e. The molecule has 130 valence electrons. The summed E-state index contributed by atoms with van der Waals surface area (Å²) < 4.78 is 6.52. The number of carbonyl (C=O) groups is 1. The third kappa shape index (κ3) is 4.32. The maximum Gasteiger partial charge on any atom is 0.228 e. The predicted molar refractivity (Wildman–Crippen MR) is 98.8 cm³/mol. The molecule has 24 heavy (non-hydrogen) atoms. The van der Waals surface area contributed by atoms with E-state index in [1.165, 1.54) is 0 Å². The van der Waals surface area contributed by atoms with Crippen LogP contribution < -0.4 is 4.90 Å². The van der Waals surface area contributed by atoms with Crippen LogP contribution in [0.15, 0.2) is 24.3 Å². The summed E-state index contributed by atoms with van der Waals surface area (Å²) in [6.07, 6.45) is 2.41. The molecule has 0 aliphatic carbocycles. The van der Waals surface area contributed by atoms with E-state index in [1.807, 2.05) is 30.0 Å². The standard InChI is InChI=1S/C18H25N3O2S/c1-2-6-17(22)21(10-5-9-20-11-13-23-14-12-20)18-19-15-7-3-4-8-16(15)24-18/h3-4,7-8H,2,5-6,9-14H2,1H3. The Bertz CT molecular complexity index is 634. The summed E-state index contributed by atoms with van der Waals surface area (Å²) in [7, 11) is 0. The van der Waals surface area contributed by atoms with E-state index in [0.717, 1.165) is 67.6 Å². The third-order valence-electron chi connectivity index (χ3n) is 4.24. The topological polar surface area (TPSA) is 45.7 Å². The third-order valence-corrected chi connectivity index (χ3v) is 5.30. The lowest BCUT2D eigenvalue weighted by atomic mass is 10.2. The van der Waals surface area contributed by atoms with Gasteiger partial charge < -0.3 is 4.74 Å². The molecule has 1 aromatic carbocycles. The molecule has 0 radical (unpaired) electrons. The summed E-state index contributed by atoms with van der Waals surface area (Å²) in [6.45, 7) is 7.39. The molecule has 1 aromatic heterocycles. The number of thiazole rings is 1. The quantitative estimate of drug-likeness (QED) is 0.772. The predicted octanol–water partition coefficient (Wildman–Crippen LogP) is 3.15. The van der Waals surface area contributed by atoms with Crippen molar-refractivity contribution >= 4 is 32.6 Å². The molecule has 1 aliphatic rings. The number of para-hydroxylation sites is 1. The van der Waals surface area contributed by atoms with Crippen LogP contribution >= 0.6 is 11.3 Å². The fraction of sp³-hybridized carbons (Fsp3) is 0.556. The minimum atomic E-state index is 0.179. The summed E-state index contributed by atoms with van der Waals surface area (Å²) in [4.78, 5) is 21.5. The number of rotatable bonds is 7. The molecule has 1 aliphatic heterocycles. The van der Waals surface area contributed by atoms with Gasteiger partial charge in [0.2, 0.25) is 5.91 Å². The molecule has 2 aromatic rings. The van der Waals surface area contributed by atoms with E-state index in [0.29, 0.717) is 6.42 Å². The molecular formula is C18H25N3O2S. The number of anilines is 1. The van der Waals surface area contributed by atoms with Crippen LogP contribution in [0.2, 0.25) is 0 Å². The zero-order chi connectivity index (χ0) is 16.8. The van der Waals surface area contributed by atoms with Crippen LogP contribution in [0.4, 0.5) is 5.13 Å². The molecule has 1 saturated heterocycles. The highest BCUT2D eigenvalue weighted by atomic mass is 32.1. The molecule has 0 N–H and O–H groups in total. The first-order valence-corrected chi connectivity index (χ1v) is 9.55. The Hall–Kier alpha value is -1.50. The lowest BCUT2D eigenvalue weighted by Crippen LogP contribution is -2.39. The Balaban J connectivity index is 1.67. The Morgan fingerprint density at radius 1 is 1.33 bits per heavy atom. The number of aromatic nitrogens is 1. The van der Waals surface area contributed by atoms with E-state index in [-0.39, 0.29) is 5.91 Å². The fourth-order valence-corrected chi connectivity index (χ4v) is 3.94. The summed E-state index contributed by atoms with van der Waals surface area (Å²) in [5.74, 6) is 0.179. The van der Waals surface area contributed by atoms with E-state index >= 15 is 0 Å². The molecule has 1 fully saturated rings. The van der Waals surface area contributed by atoms with Gasteiger partial charge in [-0.05, 0) is 25.0 Å². The SMILES string of the molecule is CCCC(=O)N(CCCN1CCOCC1)c1nc2ccccc2s1. The van der Waals surface area contributed by atoms with Crippen LogP contribution in [0.25, 0.3) is 10.2 Å². The summed E-state index contributed by atoms with van der Waals surface area (Å²) in [5.41, 5.74) is 0.972. The molecule has 0 atom stereocenters. The maximum atomic E-state index is 12.6. The number of benzene rings is 1. The number of amides is 1. The highest BCUT2D eigenvalue weighted by Crippen LogP contribution is 2.29. The van der Waals surface area contributed by atoms with Crippen LogP contribution in [0.1, 0.15) is 26.2 Å². The van der Waals surface area contributed by atoms with E-state index in [4.69, 9.17) is 4.74 Å². The van der Waals surface area contributed by atoms with Crippen molar-refractivity contribution in [2.45, 2.75) is 26.2 Å². The Morgan fingerprint density at radius 2 is 2.12 bits per heavy atom. The fourth-order valence-electron chi connectivity index (χ4n) is 2.93. The minimum absolute atomic E-state index is 0.179. The maximum absolute atomic E-state index is 12.6. The van der Waals surface area contributed by atoms with Crippen LogP contribution in [0, 0.1) is 0 Å². The average molecular weight is 347 g/mol. The van der Waals surface area contributed by atoms with Crippen molar-refractivity contribution in [3.05, 3.63) is 24.3 Å². The molecule has 3 rings (SSSR count). The second kappa shape index (κ2) is 8.55. The Labute approximate surface area is 147 Å². The molecule has 0 bridgehead atoms. The van der Waals surface area contributed by atoms with Crippen LogP contribution in [-0.2, 0) is 9.53 Å². The lowest BCUT2D eigenvalue weighted by Gasteiger charge is -2.27. The zero-order valence-electron chi connectivity index (χ0n) is 14.2. The van der Waals surface area contributed by atoms with Crippen molar-refractivity contribution in [1.82, 2.24) is 9.88 Å². The number of nitrogens with zero attached hydrogens (tertiary/aromatic N) is 3. The molecule has 5 nitrogen and oxygen atoms in total. The van der Waals surface area contributed by atoms with E-state index < -0.39 is 0 Å². The highest BCUT2D eigenvalue weighted by Gasteiger charge is 2.19. The summed E-state index contributed by atoms with van der Waals surface area (Å²) >= 11 is 1.61. The number of carbonyl (C=O) groups excluding carboxylic acids is 1. The van der Waals surface area contributed by atoms with Crippen molar-refractivity contribution in [3.63, 3.8) is 0 Å². The van der Waals surface area contributed by atoms with Gasteiger partial charge in [-0.25, -0.2) is 4.98 Å². The van der Waals surface area contributed by atoms with Gasteiger partial charge in [0.1, 0.15) is 0 Å². The van der Waals surface area contributed by atoms with Gasteiger partial charge in [-0.3, -0.25) is 14.6 Å². The molecule has 1 amide bonds. The molecule has 2 heterocycles. The van der Waals surface area contributed by atoms with Crippen LogP contribution in [0.3, 0.4) is 0 Å². The van der Waals surface area contributed by atoms with Crippen molar-refractivity contribution in [2.75, 3.05) is 44.3 Å². The molecule has 0 unspecified atom stereocenters. The Kier molecular flexibility index (Phi) is 6.18. The number of morpholine rings is 1. The second-order valence-electron chi connectivity index (χ2n) is 6.07. The molecular weight excluding hydrogens is 322 g/mol. The van der Waals surface area contributed by atoms with Crippen LogP contribution in [-0.4, -0.2) is 55.2 Å². The van der Waals surface area contributed by atoms with Crippen molar-refractivity contribution in [2.24, 2.45) is 0 Å². The number of hydrogen-bond donors (Lipinski definition) is 0. The van der Waals surface area contributed by atoms with Gasteiger partial charge in [-0.15, -0.1) is 0 Å². The van der Waals surface area contributed by atoms with Crippen molar-refractivity contribution in [3.8, 4) is 0 Å². The Morgan fingerprint density at radius 3 is 2.88 bits per heavy atom. The second-order valence-corrected chi connectivity index (χ2v) is 7.08. The van der Waals surface area contributed by atoms with Gasteiger partial charge in [0.05, 0.1) is 23.4 Å². The van der Waals surface area contributed by atoms with Gasteiger partial charge in [-0.2, -0.15) is 0 Å². The molecule has 0 spiro atoms. The van der Waals surface area contributed by atoms with Crippen molar-refractivity contribution in [1.29, 1.82) is 0 Å². The summed E-state index contributed by atoms with van der Waals surface area (Å²) in [5, 5.41) is 0.830. The summed E-state index contributed by atoms with van der Waals surface area (Å²) in [6, 6.07) is 8.07. The molecule has 6 heteroatoms. The van der Waals surface area contributed by atoms with Crippen LogP contribution in [0.5, 0.6) is 0 Å². The average Bonchev–Trinajstić information content (AvgIpc) is 3.03. The van der Waals surface area contributed by atoms with Crippen molar-refractivity contribution < 1.29 is 9.53 Å². The molecule has 0 saturated carbocycles. The van der Waals surface area contributed by atoms with Gasteiger partial charge in [0.25, 0.3) is 0 Å². The van der Waals surface area contributed by atoms with E-state index in [2.05, 4.69) is 16.0 Å². The monoisotopic (exact) mass is 347 g/mol. The van der Waals surface area contributed by atoms with E-state index in [1.54, 1.807) is 11.3 Å². The smallest absolute Gasteiger partial charge is 0.228 e. The van der Waals surface area contributed by atoms with Gasteiger partial charge >= 0.3 is 0 Å². The van der Waals surface area contributed by atoms with Gasteiger partial charge in [-0.1, -0.05) is 30.4 Å². The normalized spacial score (nSPS) is 15.7. The first kappa shape index (κ1) is 17.3. The van der Waals surface area contributed by atoms with E-state index in [9.17, 15) is 4.79 Å². The number of fused-ring (bicyclic) bond motifs is 1. The lowest BCUT2D eigenvalue weighted by molar-refractivity contribution is -0.118. The highest BCUT2D eigenvalue weighted by molar-refractivity contribution is 7.22. The van der Waals surface area contributed by atoms with Gasteiger partial charge in [0.15, 0.2) is 5.13 Å². The number of hydrogen-bond acceptors (Lipinski definition) is 5. The van der Waals surface area contributed by atoms with Gasteiger partial charge in [0, 0.05) is 32.6 Å². The first-order valence-electron chi connectivity index (χ1n) is 8.74.